The highest BCUT2D eigenvalue weighted by Crippen LogP contribution is 2.42. The van der Waals surface area contributed by atoms with Crippen LogP contribution < -0.4 is 9.47 Å². The number of carbonyl (C=O) groups is 1. The molecule has 0 amide bonds. The second kappa shape index (κ2) is 8.80. The fourth-order valence-electron chi connectivity index (χ4n) is 4.77. The lowest BCUT2D eigenvalue weighted by Gasteiger charge is -2.19. The number of carboxylic acids is 1. The van der Waals surface area contributed by atoms with Gasteiger partial charge < -0.3 is 19.3 Å². The van der Waals surface area contributed by atoms with Gasteiger partial charge in [0.05, 0.1) is 19.8 Å². The van der Waals surface area contributed by atoms with Gasteiger partial charge in [-0.15, -0.1) is 0 Å². The van der Waals surface area contributed by atoms with Gasteiger partial charge in [-0.2, -0.15) is 0 Å². The number of aliphatic carboxylic acids is 1. The molecule has 5 nitrogen and oxygen atoms in total. The highest BCUT2D eigenvalue weighted by molar-refractivity contribution is 5.81. The molecule has 5 rings (SSSR count). The van der Waals surface area contributed by atoms with Crippen LogP contribution in [0.4, 0.5) is 0 Å². The summed E-state index contributed by atoms with van der Waals surface area (Å²) in [6.07, 6.45) is 3.00. The Morgan fingerprint density at radius 1 is 1.03 bits per heavy atom. The molecule has 0 bridgehead atoms. The van der Waals surface area contributed by atoms with Crippen LogP contribution in [0.1, 0.15) is 40.7 Å². The number of methoxy groups -OCH3 is 1. The Kier molecular flexibility index (Phi) is 5.82. The Morgan fingerprint density at radius 2 is 1.74 bits per heavy atom. The molecule has 0 atom stereocenters. The van der Waals surface area contributed by atoms with Crippen molar-refractivity contribution in [2.45, 2.75) is 57.8 Å². The number of rotatable bonds is 8. The maximum atomic E-state index is 11.6. The first kappa shape index (κ1) is 22.5. The van der Waals surface area contributed by atoms with Gasteiger partial charge in [0, 0.05) is 12.8 Å². The van der Waals surface area contributed by atoms with Crippen molar-refractivity contribution in [3.63, 3.8) is 0 Å². The third kappa shape index (κ3) is 4.28. The predicted molar refractivity (Wildman–Crippen MR) is 131 cm³/mol. The molecule has 5 heteroatoms. The van der Waals surface area contributed by atoms with Crippen molar-refractivity contribution >= 4 is 5.97 Å². The van der Waals surface area contributed by atoms with Crippen LogP contribution in [0.15, 0.2) is 54.6 Å². The van der Waals surface area contributed by atoms with Crippen molar-refractivity contribution in [3.05, 3.63) is 82.4 Å². The minimum Gasteiger partial charge on any atom is -0.496 e. The van der Waals surface area contributed by atoms with E-state index in [0.29, 0.717) is 25.2 Å². The quantitative estimate of drug-likeness (QED) is 0.472. The van der Waals surface area contributed by atoms with Gasteiger partial charge in [0.15, 0.2) is 0 Å². The van der Waals surface area contributed by atoms with Crippen LogP contribution >= 0.6 is 0 Å². The Bertz CT molecular complexity index is 1220. The number of aryl methyl sites for hydroxylation is 1. The first-order chi connectivity index (χ1) is 16.4. The zero-order chi connectivity index (χ0) is 23.9. The Hall–Kier alpha value is -3.31. The van der Waals surface area contributed by atoms with E-state index in [2.05, 4.69) is 44.2 Å². The lowest BCUT2D eigenvalue weighted by Crippen LogP contribution is -2.29. The molecular weight excluding hydrogens is 428 g/mol. The molecular formula is C29H30O5. The van der Waals surface area contributed by atoms with Crippen molar-refractivity contribution in [2.24, 2.45) is 0 Å². The van der Waals surface area contributed by atoms with E-state index in [1.54, 1.807) is 7.11 Å². The maximum absolute atomic E-state index is 11.6. The van der Waals surface area contributed by atoms with Gasteiger partial charge in [0.2, 0.25) is 5.60 Å². The van der Waals surface area contributed by atoms with Gasteiger partial charge >= 0.3 is 5.97 Å². The van der Waals surface area contributed by atoms with Crippen molar-refractivity contribution in [1.29, 1.82) is 0 Å². The average Bonchev–Trinajstić information content (AvgIpc) is 3.49. The molecule has 0 radical (unpaired) electrons. The fourth-order valence-corrected chi connectivity index (χ4v) is 4.77. The summed E-state index contributed by atoms with van der Waals surface area (Å²) < 4.78 is 17.9. The van der Waals surface area contributed by atoms with E-state index in [1.165, 1.54) is 11.1 Å². The predicted octanol–water partition coefficient (Wildman–Crippen LogP) is 5.66. The molecule has 0 unspecified atom stereocenters. The molecule has 3 aromatic carbocycles. The van der Waals surface area contributed by atoms with Crippen LogP contribution in [-0.2, 0) is 29.0 Å². The molecule has 0 saturated heterocycles. The summed E-state index contributed by atoms with van der Waals surface area (Å²) in [6, 6.07) is 18.5. The first-order valence-corrected chi connectivity index (χ1v) is 11.8. The summed E-state index contributed by atoms with van der Waals surface area (Å²) in [5.41, 5.74) is 6.92. The summed E-state index contributed by atoms with van der Waals surface area (Å²) in [5.74, 6) is 0.501. The van der Waals surface area contributed by atoms with Gasteiger partial charge in [0.1, 0.15) is 11.5 Å². The molecule has 1 fully saturated rings. The molecule has 2 aliphatic rings. The summed E-state index contributed by atoms with van der Waals surface area (Å²) in [4.78, 5) is 11.6. The van der Waals surface area contributed by atoms with Gasteiger partial charge in [-0.25, -0.2) is 4.79 Å². The zero-order valence-corrected chi connectivity index (χ0v) is 19.9. The highest BCUT2D eigenvalue weighted by atomic mass is 16.5. The normalized spacial score (nSPS) is 16.2. The van der Waals surface area contributed by atoms with Crippen LogP contribution in [0.3, 0.4) is 0 Å². The number of benzene rings is 3. The number of hydrogen-bond acceptors (Lipinski definition) is 4. The summed E-state index contributed by atoms with van der Waals surface area (Å²) in [6.45, 7) is 4.55. The lowest BCUT2D eigenvalue weighted by molar-refractivity contribution is -0.147. The van der Waals surface area contributed by atoms with Gasteiger partial charge in [0.25, 0.3) is 0 Å². The number of ether oxygens (including phenoxy) is 3. The minimum atomic E-state index is -1.09. The molecule has 0 aliphatic heterocycles. The zero-order valence-electron chi connectivity index (χ0n) is 19.9. The average molecular weight is 459 g/mol. The third-order valence-electron chi connectivity index (χ3n) is 7.12. The molecule has 1 N–H and O–H groups in total. The molecule has 3 aromatic rings. The van der Waals surface area contributed by atoms with Crippen LogP contribution in [0.5, 0.6) is 11.5 Å². The maximum Gasteiger partial charge on any atom is 0.348 e. The van der Waals surface area contributed by atoms with E-state index in [1.807, 2.05) is 24.3 Å². The molecule has 176 valence electrons. The van der Waals surface area contributed by atoms with E-state index in [4.69, 9.17) is 14.2 Å². The summed E-state index contributed by atoms with van der Waals surface area (Å²) in [5, 5.41) is 9.55. The largest absolute Gasteiger partial charge is 0.496 e. The number of hydrogen-bond donors (Lipinski definition) is 1. The summed E-state index contributed by atoms with van der Waals surface area (Å²) in [7, 11) is 1.69. The van der Waals surface area contributed by atoms with Crippen molar-refractivity contribution in [2.75, 3.05) is 7.11 Å². The van der Waals surface area contributed by atoms with Crippen molar-refractivity contribution in [1.82, 2.24) is 0 Å². The second-order valence-corrected chi connectivity index (χ2v) is 9.45. The topological polar surface area (TPSA) is 65.0 Å². The van der Waals surface area contributed by atoms with E-state index in [9.17, 15) is 9.90 Å². The lowest BCUT2D eigenvalue weighted by atomic mass is 9.95. The van der Waals surface area contributed by atoms with E-state index < -0.39 is 11.6 Å². The summed E-state index contributed by atoms with van der Waals surface area (Å²) >= 11 is 0. The van der Waals surface area contributed by atoms with Crippen LogP contribution in [0.25, 0.3) is 11.1 Å². The molecule has 1 saturated carbocycles. The van der Waals surface area contributed by atoms with Crippen molar-refractivity contribution < 1.29 is 24.1 Å². The molecule has 34 heavy (non-hydrogen) atoms. The third-order valence-corrected chi connectivity index (χ3v) is 7.12. The SMILES string of the molecule is COc1cc(-c2ccc(OC3(C(=O)O)CC3)cc2COC2Cc3ccccc3C2)cc(C)c1C. The van der Waals surface area contributed by atoms with E-state index in [-0.39, 0.29) is 6.10 Å². The monoisotopic (exact) mass is 458 g/mol. The van der Waals surface area contributed by atoms with Crippen LogP contribution in [-0.4, -0.2) is 29.9 Å². The first-order valence-electron chi connectivity index (χ1n) is 11.8. The Labute approximate surface area is 200 Å². The molecule has 0 heterocycles. The van der Waals surface area contributed by atoms with Gasteiger partial charge in [-0.05, 0) is 83.8 Å². The molecule has 0 spiro atoms. The molecule has 0 aromatic heterocycles. The number of carboxylic acid groups (broad SMARTS) is 1. The fraction of sp³-hybridized carbons (Fsp3) is 0.345. The van der Waals surface area contributed by atoms with Crippen molar-refractivity contribution in [3.8, 4) is 22.6 Å². The number of fused-ring (bicyclic) bond motifs is 1. The van der Waals surface area contributed by atoms with E-state index in [0.717, 1.165) is 46.4 Å². The van der Waals surface area contributed by atoms with Crippen LogP contribution in [0, 0.1) is 13.8 Å². The van der Waals surface area contributed by atoms with Gasteiger partial charge in [-0.3, -0.25) is 0 Å². The molecule has 2 aliphatic carbocycles. The Balaban J connectivity index is 1.45. The minimum absolute atomic E-state index is 0.123. The smallest absolute Gasteiger partial charge is 0.348 e. The standard InChI is InChI=1S/C29H30O5/c1-18-12-22(16-27(32-3)19(18)2)26-9-8-24(34-29(10-11-29)28(30)31)15-23(26)17-33-25-13-20-6-4-5-7-21(20)14-25/h4-9,12,15-16,25H,10-11,13-14,17H2,1-3H3,(H,30,31). The van der Waals surface area contributed by atoms with E-state index >= 15 is 0 Å². The van der Waals surface area contributed by atoms with Gasteiger partial charge in [-0.1, -0.05) is 36.4 Å². The second-order valence-electron chi connectivity index (χ2n) is 9.45. The van der Waals surface area contributed by atoms with Crippen LogP contribution in [0.2, 0.25) is 0 Å². The highest BCUT2D eigenvalue weighted by Gasteiger charge is 2.53. The Morgan fingerprint density at radius 3 is 2.35 bits per heavy atom.